The van der Waals surface area contributed by atoms with Crippen LogP contribution < -0.4 is 10.8 Å². The second-order valence-electron chi connectivity index (χ2n) is 7.00. The number of fused-ring (bicyclic) bond motifs is 1. The van der Waals surface area contributed by atoms with E-state index in [9.17, 15) is 23.5 Å². The minimum Gasteiger partial charge on any atom is -0.390 e. The average Bonchev–Trinajstić information content (AvgIpc) is 3.14. The minimum atomic E-state index is -1.21. The molecule has 31 heavy (non-hydrogen) atoms. The van der Waals surface area contributed by atoms with Crippen LogP contribution in [0.25, 0.3) is 11.0 Å². The Morgan fingerprint density at radius 3 is 2.65 bits per heavy atom. The zero-order chi connectivity index (χ0) is 22.7. The quantitative estimate of drug-likeness (QED) is 0.212. The highest BCUT2D eigenvalue weighted by atomic mass is 35.5. The number of nitrogens with zero attached hydrogens (tertiary/aromatic N) is 3. The molecule has 0 aliphatic rings. The van der Waals surface area contributed by atoms with E-state index >= 15 is 0 Å². The van der Waals surface area contributed by atoms with Crippen molar-refractivity contribution in [1.82, 2.24) is 20.3 Å². The molecule has 8 nitrogen and oxygen atoms in total. The van der Waals surface area contributed by atoms with Gasteiger partial charge in [0.25, 0.3) is 0 Å². The summed E-state index contributed by atoms with van der Waals surface area (Å²) in [6.07, 6.45) is -0.733. The zero-order valence-electron chi connectivity index (χ0n) is 16.5. The zero-order valence-corrected chi connectivity index (χ0v) is 17.3. The van der Waals surface area contributed by atoms with Gasteiger partial charge in [0.05, 0.1) is 22.3 Å². The Kier molecular flexibility index (Phi) is 7.01. The molecule has 0 aliphatic heterocycles. The number of rotatable bonds is 7. The van der Waals surface area contributed by atoms with Gasteiger partial charge in [-0.05, 0) is 38.4 Å². The fourth-order valence-electron chi connectivity index (χ4n) is 2.90. The van der Waals surface area contributed by atoms with E-state index in [0.717, 1.165) is 12.1 Å². The fraction of sp³-hybridized carbons (Fsp3) is 0.263. The monoisotopic (exact) mass is 456 g/mol. The van der Waals surface area contributed by atoms with Crippen LogP contribution in [-0.2, 0) is 0 Å². The van der Waals surface area contributed by atoms with E-state index in [-0.39, 0.29) is 45.6 Å². The number of aromatic nitrogens is 2. The maximum atomic E-state index is 14.3. The Bertz CT molecular complexity index is 1120. The molecule has 3 rings (SSSR count). The number of likely N-dealkylation sites (N-methyl/N-ethyl adjacent to an activating group) is 1. The molecule has 0 spiro atoms. The van der Waals surface area contributed by atoms with Crippen molar-refractivity contribution in [1.29, 1.82) is 0 Å². The molecule has 0 fully saturated rings. The van der Waals surface area contributed by atoms with Crippen molar-refractivity contribution in [3.05, 3.63) is 52.3 Å². The molecule has 0 amide bonds. The normalized spacial score (nSPS) is 13.1. The summed E-state index contributed by atoms with van der Waals surface area (Å²) < 4.78 is 41.9. The molecule has 0 saturated heterocycles. The highest BCUT2D eigenvalue weighted by Gasteiger charge is 2.20. The van der Waals surface area contributed by atoms with Gasteiger partial charge in [-0.3, -0.25) is 10.7 Å². The Balaban J connectivity index is 2.00. The molecule has 1 heterocycles. The molecule has 0 bridgehead atoms. The number of H-pyrrole nitrogens is 1. The van der Waals surface area contributed by atoms with E-state index < -0.39 is 23.6 Å². The van der Waals surface area contributed by atoms with E-state index in [1.54, 1.807) is 19.0 Å². The van der Waals surface area contributed by atoms with Crippen LogP contribution in [0.3, 0.4) is 0 Å². The number of hydrogen-bond acceptors (Lipinski definition) is 6. The van der Waals surface area contributed by atoms with Crippen LogP contribution in [0.15, 0.2) is 29.3 Å². The Morgan fingerprint density at radius 2 is 2.00 bits per heavy atom. The number of hydrogen-bond donors (Lipinski definition) is 5. The largest absolute Gasteiger partial charge is 0.390 e. The molecule has 5 N–H and O–H groups in total. The molecule has 2 aromatic carbocycles. The van der Waals surface area contributed by atoms with Crippen LogP contribution in [0.5, 0.6) is 0 Å². The topological polar surface area (TPSA) is 109 Å². The van der Waals surface area contributed by atoms with Crippen molar-refractivity contribution in [3.8, 4) is 0 Å². The van der Waals surface area contributed by atoms with E-state index in [4.69, 9.17) is 11.6 Å². The summed E-state index contributed by atoms with van der Waals surface area (Å²) in [5, 5.41) is 22.1. The third-order valence-corrected chi connectivity index (χ3v) is 4.54. The fourth-order valence-corrected chi connectivity index (χ4v) is 3.08. The molecule has 0 aliphatic carbocycles. The van der Waals surface area contributed by atoms with Gasteiger partial charge in [-0.25, -0.2) is 23.1 Å². The third kappa shape index (κ3) is 5.25. The molecule has 12 heteroatoms. The van der Waals surface area contributed by atoms with Crippen molar-refractivity contribution < 1.29 is 23.5 Å². The van der Waals surface area contributed by atoms with E-state index in [2.05, 4.69) is 20.3 Å². The van der Waals surface area contributed by atoms with Gasteiger partial charge in [-0.1, -0.05) is 11.6 Å². The summed E-state index contributed by atoms with van der Waals surface area (Å²) in [6, 6.07) is 4.40. The van der Waals surface area contributed by atoms with Crippen LogP contribution in [0.2, 0.25) is 5.02 Å². The Morgan fingerprint density at radius 1 is 1.26 bits per heavy atom. The maximum absolute atomic E-state index is 14.3. The first-order valence-electron chi connectivity index (χ1n) is 9.08. The predicted octanol–water partition coefficient (Wildman–Crippen LogP) is 3.03. The molecule has 3 aromatic rings. The van der Waals surface area contributed by atoms with Gasteiger partial charge in [0.1, 0.15) is 11.3 Å². The summed E-state index contributed by atoms with van der Waals surface area (Å²) in [4.78, 5) is 12.7. The van der Waals surface area contributed by atoms with Gasteiger partial charge in [0, 0.05) is 18.7 Å². The number of aliphatic imine (C=N–C) groups is 1. The summed E-state index contributed by atoms with van der Waals surface area (Å²) >= 11 is 5.74. The van der Waals surface area contributed by atoms with Gasteiger partial charge in [0.15, 0.2) is 17.5 Å². The van der Waals surface area contributed by atoms with Crippen molar-refractivity contribution in [2.24, 2.45) is 4.99 Å². The molecule has 0 saturated carbocycles. The standard InChI is InChI=1S/C19H20ClF3N6O2/c1-29(2)8-10(30)7-24-19-26-16-11(6-14(22)15(23)17(16)27-19)18(28-31)25-9-3-4-13(21)12(20)5-9/h3-6,10,30-31H,7-8H2,1-2H3,(H,25,28)(H2,24,26,27). The lowest BCUT2D eigenvalue weighted by Gasteiger charge is -2.15. The van der Waals surface area contributed by atoms with Gasteiger partial charge in [0.2, 0.25) is 5.95 Å². The molecular weight excluding hydrogens is 437 g/mol. The number of nitrogens with one attached hydrogen (secondary N) is 3. The van der Waals surface area contributed by atoms with Gasteiger partial charge < -0.3 is 20.3 Å². The van der Waals surface area contributed by atoms with Crippen LogP contribution in [0.1, 0.15) is 5.56 Å². The van der Waals surface area contributed by atoms with Crippen LogP contribution in [-0.4, -0.2) is 64.3 Å². The van der Waals surface area contributed by atoms with Crippen molar-refractivity contribution in [2.45, 2.75) is 6.10 Å². The number of hydroxylamine groups is 1. The molecule has 1 unspecified atom stereocenters. The second kappa shape index (κ2) is 9.52. The number of imidazole rings is 1. The predicted molar refractivity (Wildman–Crippen MR) is 112 cm³/mol. The number of halogens is 4. The van der Waals surface area contributed by atoms with Crippen LogP contribution in [0, 0.1) is 17.5 Å². The molecule has 0 radical (unpaired) electrons. The Hall–Kier alpha value is -2.86. The number of aliphatic hydroxyl groups is 1. The van der Waals surface area contributed by atoms with Gasteiger partial charge >= 0.3 is 0 Å². The summed E-state index contributed by atoms with van der Waals surface area (Å²) in [5.74, 6) is -3.24. The highest BCUT2D eigenvalue weighted by Crippen LogP contribution is 2.27. The lowest BCUT2D eigenvalue weighted by atomic mass is 10.1. The van der Waals surface area contributed by atoms with Crippen molar-refractivity contribution in [3.63, 3.8) is 0 Å². The highest BCUT2D eigenvalue weighted by molar-refractivity contribution is 6.31. The van der Waals surface area contributed by atoms with E-state index in [0.29, 0.717) is 6.54 Å². The number of benzene rings is 2. The third-order valence-electron chi connectivity index (χ3n) is 4.25. The lowest BCUT2D eigenvalue weighted by molar-refractivity contribution is 0.148. The maximum Gasteiger partial charge on any atom is 0.201 e. The number of anilines is 1. The molecule has 1 atom stereocenters. The van der Waals surface area contributed by atoms with E-state index in [1.807, 2.05) is 5.48 Å². The smallest absolute Gasteiger partial charge is 0.201 e. The van der Waals surface area contributed by atoms with Gasteiger partial charge in [-0.15, -0.1) is 0 Å². The lowest BCUT2D eigenvalue weighted by Crippen LogP contribution is -2.31. The summed E-state index contributed by atoms with van der Waals surface area (Å²) in [6.45, 7) is 0.484. The first-order valence-corrected chi connectivity index (χ1v) is 9.46. The first-order chi connectivity index (χ1) is 14.7. The minimum absolute atomic E-state index is 0.0359. The molecular formula is C19H20ClF3N6O2. The average molecular weight is 457 g/mol. The van der Waals surface area contributed by atoms with Gasteiger partial charge in [-0.2, -0.15) is 0 Å². The SMILES string of the molecule is CN(C)CC(O)CNc1nc2c(F)c(F)cc(C(=Nc3ccc(F)c(Cl)c3)NO)c2[nH]1. The van der Waals surface area contributed by atoms with E-state index in [1.165, 1.54) is 12.1 Å². The number of aliphatic hydroxyl groups excluding tert-OH is 1. The summed E-state index contributed by atoms with van der Waals surface area (Å²) in [7, 11) is 3.60. The molecule has 1 aromatic heterocycles. The number of amidine groups is 1. The van der Waals surface area contributed by atoms with Crippen molar-refractivity contribution >= 4 is 40.1 Å². The van der Waals surface area contributed by atoms with Crippen LogP contribution in [0.4, 0.5) is 24.8 Å². The second-order valence-corrected chi connectivity index (χ2v) is 7.40. The first kappa shape index (κ1) is 22.8. The molecule has 166 valence electrons. The number of aromatic amines is 1. The summed E-state index contributed by atoms with van der Waals surface area (Å²) in [5.41, 5.74) is 1.66. The Labute approximate surface area is 180 Å². The van der Waals surface area contributed by atoms with Crippen LogP contribution >= 0.6 is 11.6 Å². The van der Waals surface area contributed by atoms with Crippen molar-refractivity contribution in [2.75, 3.05) is 32.5 Å².